The van der Waals surface area contributed by atoms with E-state index in [1.54, 1.807) is 0 Å². The van der Waals surface area contributed by atoms with Crippen LogP contribution in [0.1, 0.15) is 12.5 Å². The van der Waals surface area contributed by atoms with Crippen LogP contribution >= 0.6 is 0 Å². The molecule has 1 unspecified atom stereocenters. The van der Waals surface area contributed by atoms with Crippen LogP contribution in [-0.4, -0.2) is 18.9 Å². The number of esters is 1. The van der Waals surface area contributed by atoms with E-state index in [-0.39, 0.29) is 12.4 Å². The van der Waals surface area contributed by atoms with Gasteiger partial charge in [0.1, 0.15) is 0 Å². The molecular formula is C11H12F2O3. The Hall–Kier alpha value is -1.65. The number of halogens is 2. The highest BCUT2D eigenvalue weighted by Crippen LogP contribution is 2.21. The number of hydrogen-bond acceptors (Lipinski definition) is 3. The third-order valence-electron chi connectivity index (χ3n) is 1.86. The molecule has 0 heterocycles. The second kappa shape index (κ2) is 5.44. The molecule has 0 spiro atoms. The number of benzene rings is 1. The zero-order valence-electron chi connectivity index (χ0n) is 9.00. The first-order valence-corrected chi connectivity index (χ1v) is 4.78. The van der Waals surface area contributed by atoms with Crippen LogP contribution in [0.4, 0.5) is 8.78 Å². The molecule has 3 nitrogen and oxygen atoms in total. The highest BCUT2D eigenvalue weighted by Gasteiger charge is 2.22. The average molecular weight is 230 g/mol. The summed E-state index contributed by atoms with van der Waals surface area (Å²) in [6.07, 6.45) is -2.31. The highest BCUT2D eigenvalue weighted by molar-refractivity contribution is 5.73. The van der Waals surface area contributed by atoms with Crippen molar-refractivity contribution >= 4 is 5.97 Å². The predicted octanol–water partition coefficient (Wildman–Crippen LogP) is 2.37. The van der Waals surface area contributed by atoms with E-state index in [1.807, 2.05) is 0 Å². The number of ether oxygens (including phenoxy) is 2. The topological polar surface area (TPSA) is 35.5 Å². The van der Waals surface area contributed by atoms with Crippen molar-refractivity contribution in [3.63, 3.8) is 0 Å². The summed E-state index contributed by atoms with van der Waals surface area (Å²) in [5, 5.41) is 0. The van der Waals surface area contributed by atoms with Gasteiger partial charge in [0.2, 0.25) is 0 Å². The van der Waals surface area contributed by atoms with E-state index < -0.39 is 18.1 Å². The molecule has 0 saturated heterocycles. The molecule has 1 aromatic rings. The summed E-state index contributed by atoms with van der Waals surface area (Å²) in [5.41, 5.74) is 0.313. The van der Waals surface area contributed by atoms with Gasteiger partial charge in [-0.1, -0.05) is 12.1 Å². The van der Waals surface area contributed by atoms with E-state index in [0.29, 0.717) is 5.56 Å². The monoisotopic (exact) mass is 230 g/mol. The molecule has 1 aromatic carbocycles. The van der Waals surface area contributed by atoms with E-state index in [4.69, 9.17) is 0 Å². The number of carbonyl (C=O) groups excluding carboxylic acids is 1. The molecule has 0 aliphatic carbocycles. The lowest BCUT2D eigenvalue weighted by Gasteiger charge is -2.11. The molecule has 88 valence electrons. The Labute approximate surface area is 92.0 Å². The SMILES string of the molecule is CCOC(=O)C(F)Oc1cccc(C)c1F. The van der Waals surface area contributed by atoms with Crippen molar-refractivity contribution in [3.05, 3.63) is 29.6 Å². The van der Waals surface area contributed by atoms with Crippen LogP contribution in [0.2, 0.25) is 0 Å². The number of carbonyl (C=O) groups is 1. The largest absolute Gasteiger partial charge is 0.461 e. The number of hydrogen-bond donors (Lipinski definition) is 0. The zero-order valence-corrected chi connectivity index (χ0v) is 9.00. The fourth-order valence-electron chi connectivity index (χ4n) is 1.08. The third kappa shape index (κ3) is 2.92. The minimum Gasteiger partial charge on any atom is -0.461 e. The summed E-state index contributed by atoms with van der Waals surface area (Å²) >= 11 is 0. The summed E-state index contributed by atoms with van der Waals surface area (Å²) in [6.45, 7) is 3.09. The van der Waals surface area contributed by atoms with Gasteiger partial charge in [-0.2, -0.15) is 4.39 Å². The van der Waals surface area contributed by atoms with Gasteiger partial charge in [0.15, 0.2) is 11.6 Å². The van der Waals surface area contributed by atoms with Crippen molar-refractivity contribution in [2.45, 2.75) is 20.2 Å². The maximum atomic E-state index is 13.4. The average Bonchev–Trinajstić information content (AvgIpc) is 2.25. The summed E-state index contributed by atoms with van der Waals surface area (Å²) in [5.74, 6) is -2.15. The molecule has 0 aliphatic rings. The van der Waals surface area contributed by atoms with Crippen molar-refractivity contribution in [3.8, 4) is 5.75 Å². The Balaban J connectivity index is 2.73. The molecule has 0 radical (unpaired) electrons. The molecule has 0 N–H and O–H groups in total. The summed E-state index contributed by atoms with van der Waals surface area (Å²) in [4.78, 5) is 10.9. The van der Waals surface area contributed by atoms with E-state index in [2.05, 4.69) is 9.47 Å². The molecule has 1 atom stereocenters. The quantitative estimate of drug-likeness (QED) is 0.745. The second-order valence-electron chi connectivity index (χ2n) is 3.07. The maximum Gasteiger partial charge on any atom is 0.381 e. The van der Waals surface area contributed by atoms with Crippen LogP contribution in [0.15, 0.2) is 18.2 Å². The summed E-state index contributed by atoms with van der Waals surface area (Å²) in [6, 6.07) is 4.26. The van der Waals surface area contributed by atoms with Gasteiger partial charge < -0.3 is 9.47 Å². The molecule has 0 saturated carbocycles. The van der Waals surface area contributed by atoms with E-state index in [0.717, 1.165) is 0 Å². The Morgan fingerprint density at radius 1 is 1.50 bits per heavy atom. The number of rotatable bonds is 4. The first-order valence-electron chi connectivity index (χ1n) is 4.78. The lowest BCUT2D eigenvalue weighted by atomic mass is 10.2. The van der Waals surface area contributed by atoms with Gasteiger partial charge in [-0.3, -0.25) is 0 Å². The van der Waals surface area contributed by atoms with Crippen LogP contribution in [-0.2, 0) is 9.53 Å². The van der Waals surface area contributed by atoms with Crippen LogP contribution in [0, 0.1) is 12.7 Å². The van der Waals surface area contributed by atoms with Crippen molar-refractivity contribution in [2.75, 3.05) is 6.61 Å². The van der Waals surface area contributed by atoms with Crippen molar-refractivity contribution in [1.29, 1.82) is 0 Å². The van der Waals surface area contributed by atoms with Gasteiger partial charge in [-0.05, 0) is 25.5 Å². The first-order chi connectivity index (χ1) is 7.56. The number of alkyl halides is 1. The number of aryl methyl sites for hydroxylation is 1. The van der Waals surface area contributed by atoms with Crippen LogP contribution in [0.25, 0.3) is 0 Å². The lowest BCUT2D eigenvalue weighted by Crippen LogP contribution is -2.25. The lowest BCUT2D eigenvalue weighted by molar-refractivity contribution is -0.160. The van der Waals surface area contributed by atoms with Gasteiger partial charge in [-0.25, -0.2) is 9.18 Å². The maximum absolute atomic E-state index is 13.4. The standard InChI is InChI=1S/C11H12F2O3/c1-3-15-11(14)10(13)16-8-6-4-5-7(2)9(8)12/h4-6,10H,3H2,1-2H3. The Bertz CT molecular complexity index is 379. The van der Waals surface area contributed by atoms with Crippen LogP contribution in [0.3, 0.4) is 0 Å². The molecule has 0 bridgehead atoms. The van der Waals surface area contributed by atoms with E-state index in [1.165, 1.54) is 32.0 Å². The van der Waals surface area contributed by atoms with Gasteiger partial charge in [-0.15, -0.1) is 0 Å². The second-order valence-corrected chi connectivity index (χ2v) is 3.07. The van der Waals surface area contributed by atoms with Gasteiger partial charge in [0.05, 0.1) is 6.61 Å². The van der Waals surface area contributed by atoms with Crippen molar-refractivity contribution in [1.82, 2.24) is 0 Å². The van der Waals surface area contributed by atoms with Crippen LogP contribution in [0.5, 0.6) is 5.75 Å². The fraction of sp³-hybridized carbons (Fsp3) is 0.364. The van der Waals surface area contributed by atoms with Gasteiger partial charge >= 0.3 is 12.3 Å². The Morgan fingerprint density at radius 2 is 2.19 bits per heavy atom. The summed E-state index contributed by atoms with van der Waals surface area (Å²) < 4.78 is 35.4. The molecule has 0 aromatic heterocycles. The molecule has 0 amide bonds. The van der Waals surface area contributed by atoms with Gasteiger partial charge in [0.25, 0.3) is 0 Å². The minimum atomic E-state index is -2.31. The van der Waals surface area contributed by atoms with E-state index in [9.17, 15) is 13.6 Å². The first kappa shape index (κ1) is 12.4. The Morgan fingerprint density at radius 3 is 2.81 bits per heavy atom. The highest BCUT2D eigenvalue weighted by atomic mass is 19.1. The van der Waals surface area contributed by atoms with Crippen molar-refractivity contribution < 1.29 is 23.0 Å². The molecular weight excluding hydrogens is 218 g/mol. The summed E-state index contributed by atoms with van der Waals surface area (Å²) in [7, 11) is 0. The molecule has 1 rings (SSSR count). The minimum absolute atomic E-state index is 0.0406. The van der Waals surface area contributed by atoms with E-state index >= 15 is 0 Å². The molecule has 0 aliphatic heterocycles. The molecule has 16 heavy (non-hydrogen) atoms. The third-order valence-corrected chi connectivity index (χ3v) is 1.86. The normalized spacial score (nSPS) is 12.0. The Kier molecular flexibility index (Phi) is 4.22. The molecule has 5 heteroatoms. The smallest absolute Gasteiger partial charge is 0.381 e. The predicted molar refractivity (Wildman–Crippen MR) is 53.3 cm³/mol. The zero-order chi connectivity index (χ0) is 12.1. The van der Waals surface area contributed by atoms with Gasteiger partial charge in [0, 0.05) is 0 Å². The molecule has 0 fully saturated rings. The van der Waals surface area contributed by atoms with Crippen molar-refractivity contribution in [2.24, 2.45) is 0 Å². The van der Waals surface area contributed by atoms with Crippen LogP contribution < -0.4 is 4.74 Å². The fourth-order valence-corrected chi connectivity index (χ4v) is 1.08.